The zero-order valence-electron chi connectivity index (χ0n) is 15.9. The second kappa shape index (κ2) is 8.39. The molecule has 2 aromatic heterocycles. The van der Waals surface area contributed by atoms with Crippen molar-refractivity contribution in [3.8, 4) is 0 Å². The quantitative estimate of drug-likeness (QED) is 0.765. The van der Waals surface area contributed by atoms with Crippen LogP contribution in [0.1, 0.15) is 17.6 Å². The van der Waals surface area contributed by atoms with Crippen molar-refractivity contribution in [2.45, 2.75) is 17.9 Å². The summed E-state index contributed by atoms with van der Waals surface area (Å²) in [6.45, 7) is 4.72. The number of likely N-dealkylation sites (N-methyl/N-ethyl adjacent to an activating group) is 1. The molecule has 0 amide bonds. The van der Waals surface area contributed by atoms with E-state index in [9.17, 15) is 8.42 Å². The molecule has 0 aromatic carbocycles. The van der Waals surface area contributed by atoms with Crippen LogP contribution in [0.5, 0.6) is 0 Å². The van der Waals surface area contributed by atoms with Gasteiger partial charge in [-0.25, -0.2) is 13.4 Å². The van der Waals surface area contributed by atoms with Crippen LogP contribution in [0.4, 0.5) is 5.82 Å². The van der Waals surface area contributed by atoms with Crippen LogP contribution in [0.15, 0.2) is 39.8 Å². The predicted molar refractivity (Wildman–Crippen MR) is 102 cm³/mol. The molecule has 1 aliphatic heterocycles. The number of rotatable bonds is 7. The number of aromatic nitrogens is 1. The van der Waals surface area contributed by atoms with E-state index in [1.807, 2.05) is 26.1 Å². The van der Waals surface area contributed by atoms with Crippen LogP contribution in [-0.4, -0.2) is 69.6 Å². The molecule has 1 fully saturated rings. The summed E-state index contributed by atoms with van der Waals surface area (Å²) in [5.74, 6) is 2.11. The van der Waals surface area contributed by atoms with Gasteiger partial charge in [0.15, 0.2) is 0 Å². The van der Waals surface area contributed by atoms with E-state index in [0.717, 1.165) is 24.6 Å². The number of ether oxygens (including phenoxy) is 1. The highest BCUT2D eigenvalue weighted by Crippen LogP contribution is 2.23. The Balaban J connectivity index is 1.72. The summed E-state index contributed by atoms with van der Waals surface area (Å²) in [6.07, 6.45) is 1.40. The lowest BCUT2D eigenvalue weighted by Crippen LogP contribution is -2.47. The zero-order chi connectivity index (χ0) is 19.4. The summed E-state index contributed by atoms with van der Waals surface area (Å²) >= 11 is 0. The number of aryl methyl sites for hydroxylation is 1. The Morgan fingerprint density at radius 3 is 2.52 bits per heavy atom. The van der Waals surface area contributed by atoms with Gasteiger partial charge in [0.25, 0.3) is 0 Å². The molecule has 0 saturated carbocycles. The highest BCUT2D eigenvalue weighted by atomic mass is 32.2. The Morgan fingerprint density at radius 1 is 1.22 bits per heavy atom. The largest absolute Gasteiger partial charge is 0.464 e. The van der Waals surface area contributed by atoms with Crippen LogP contribution in [0.25, 0.3) is 0 Å². The number of sulfonamides is 1. The highest BCUT2D eigenvalue weighted by Gasteiger charge is 2.27. The molecule has 1 unspecified atom stereocenters. The molecule has 1 aliphatic rings. The monoisotopic (exact) mass is 394 g/mol. The van der Waals surface area contributed by atoms with E-state index in [4.69, 9.17) is 9.15 Å². The molecule has 9 heteroatoms. The van der Waals surface area contributed by atoms with Crippen molar-refractivity contribution in [2.75, 3.05) is 52.3 Å². The number of piperazine rings is 1. The van der Waals surface area contributed by atoms with Crippen molar-refractivity contribution in [1.82, 2.24) is 14.2 Å². The van der Waals surface area contributed by atoms with Crippen LogP contribution in [-0.2, 0) is 14.8 Å². The van der Waals surface area contributed by atoms with Crippen LogP contribution in [0.2, 0.25) is 0 Å². The summed E-state index contributed by atoms with van der Waals surface area (Å²) < 4.78 is 38.0. The number of methoxy groups -OCH3 is 1. The van der Waals surface area contributed by atoms with Gasteiger partial charge in [-0.05, 0) is 38.2 Å². The van der Waals surface area contributed by atoms with Crippen molar-refractivity contribution in [3.63, 3.8) is 0 Å². The van der Waals surface area contributed by atoms with Gasteiger partial charge in [0.1, 0.15) is 28.3 Å². The predicted octanol–water partition coefficient (Wildman–Crippen LogP) is 1.72. The maximum atomic E-state index is 12.8. The van der Waals surface area contributed by atoms with Gasteiger partial charge in [0.2, 0.25) is 10.0 Å². The van der Waals surface area contributed by atoms with Crippen LogP contribution in [0, 0.1) is 6.92 Å². The topological polar surface area (TPSA) is 87.9 Å². The second-order valence-corrected chi connectivity index (χ2v) is 8.63. The Bertz CT molecular complexity index is 843. The number of nitrogens with zero attached hydrogens (tertiary/aromatic N) is 3. The molecule has 148 valence electrons. The average molecular weight is 394 g/mol. The lowest BCUT2D eigenvalue weighted by atomic mass is 10.2. The first-order valence-corrected chi connectivity index (χ1v) is 10.3. The number of anilines is 1. The van der Waals surface area contributed by atoms with E-state index in [-0.39, 0.29) is 10.9 Å². The van der Waals surface area contributed by atoms with Gasteiger partial charge < -0.3 is 19.4 Å². The fourth-order valence-electron chi connectivity index (χ4n) is 2.98. The third-order valence-corrected chi connectivity index (χ3v) is 6.48. The summed E-state index contributed by atoms with van der Waals surface area (Å²) in [4.78, 5) is 6.60. The van der Waals surface area contributed by atoms with Crippen LogP contribution in [0.3, 0.4) is 0 Å². The lowest BCUT2D eigenvalue weighted by Gasteiger charge is -2.31. The maximum Gasteiger partial charge on any atom is 0.244 e. The summed E-state index contributed by atoms with van der Waals surface area (Å²) in [7, 11) is 0.0872. The third-order valence-electron chi connectivity index (χ3n) is 4.60. The van der Waals surface area contributed by atoms with E-state index in [2.05, 4.69) is 15.2 Å². The molecule has 1 saturated heterocycles. The fraction of sp³-hybridized carbons (Fsp3) is 0.500. The van der Waals surface area contributed by atoms with Crippen molar-refractivity contribution in [1.29, 1.82) is 0 Å². The Labute approximate surface area is 160 Å². The summed E-state index contributed by atoms with van der Waals surface area (Å²) in [6, 6.07) is 6.81. The van der Waals surface area contributed by atoms with E-state index in [1.165, 1.54) is 10.5 Å². The third kappa shape index (κ3) is 4.67. The lowest BCUT2D eigenvalue weighted by molar-refractivity contribution is 0.178. The number of furan rings is 1. The molecule has 27 heavy (non-hydrogen) atoms. The molecule has 0 aliphatic carbocycles. The molecule has 3 heterocycles. The van der Waals surface area contributed by atoms with E-state index in [1.54, 1.807) is 19.2 Å². The molecule has 2 aromatic rings. The van der Waals surface area contributed by atoms with Crippen LogP contribution < -0.4 is 5.32 Å². The van der Waals surface area contributed by atoms with Crippen molar-refractivity contribution >= 4 is 15.8 Å². The standard InChI is InChI=1S/C18H26N4O4S/c1-14-4-6-17(26-14)16(13-25-3)20-18-7-5-15(12-19-18)27(23,24)22-10-8-21(2)9-11-22/h4-7,12,16H,8-11,13H2,1-3H3,(H,19,20). The maximum absolute atomic E-state index is 12.8. The number of nitrogens with one attached hydrogen (secondary N) is 1. The Morgan fingerprint density at radius 2 is 1.96 bits per heavy atom. The van der Waals surface area contributed by atoms with Crippen molar-refractivity contribution in [3.05, 3.63) is 42.0 Å². The van der Waals surface area contributed by atoms with Crippen molar-refractivity contribution in [2.24, 2.45) is 0 Å². The summed E-state index contributed by atoms with van der Waals surface area (Å²) in [5.41, 5.74) is 0. The second-order valence-electron chi connectivity index (χ2n) is 6.69. The average Bonchev–Trinajstić information content (AvgIpc) is 3.08. The summed E-state index contributed by atoms with van der Waals surface area (Å²) in [5, 5.41) is 3.23. The molecule has 0 radical (unpaired) electrons. The van der Waals surface area contributed by atoms with E-state index < -0.39 is 10.0 Å². The fourth-order valence-corrected chi connectivity index (χ4v) is 4.34. The minimum Gasteiger partial charge on any atom is -0.464 e. The van der Waals surface area contributed by atoms with Crippen LogP contribution >= 0.6 is 0 Å². The molecule has 8 nitrogen and oxygen atoms in total. The first kappa shape index (κ1) is 19.8. The zero-order valence-corrected chi connectivity index (χ0v) is 16.7. The molecular weight excluding hydrogens is 368 g/mol. The Kier molecular flexibility index (Phi) is 6.15. The first-order chi connectivity index (χ1) is 12.9. The Hall–Kier alpha value is -1.94. The van der Waals surface area contributed by atoms with Gasteiger partial charge in [-0.1, -0.05) is 0 Å². The van der Waals surface area contributed by atoms with Gasteiger partial charge in [-0.2, -0.15) is 4.31 Å². The smallest absolute Gasteiger partial charge is 0.244 e. The molecule has 1 atom stereocenters. The van der Waals surface area contributed by atoms with Gasteiger partial charge in [-0.3, -0.25) is 0 Å². The normalized spacial score (nSPS) is 17.7. The number of hydrogen-bond acceptors (Lipinski definition) is 7. The molecule has 1 N–H and O–H groups in total. The van der Waals surface area contributed by atoms with Gasteiger partial charge in [0.05, 0.1) is 6.61 Å². The molecular formula is C18H26N4O4S. The minimum absolute atomic E-state index is 0.203. The molecule has 0 bridgehead atoms. The van der Waals surface area contributed by atoms with Gasteiger partial charge >= 0.3 is 0 Å². The molecule has 0 spiro atoms. The number of hydrogen-bond donors (Lipinski definition) is 1. The van der Waals surface area contributed by atoms with Gasteiger partial charge in [0, 0.05) is 39.5 Å². The highest BCUT2D eigenvalue weighted by molar-refractivity contribution is 7.89. The van der Waals surface area contributed by atoms with E-state index in [0.29, 0.717) is 25.5 Å². The SMILES string of the molecule is COCC(Nc1ccc(S(=O)(=O)N2CCN(C)CC2)cn1)c1ccc(C)o1. The minimum atomic E-state index is -3.52. The van der Waals surface area contributed by atoms with E-state index >= 15 is 0 Å². The van der Waals surface area contributed by atoms with Gasteiger partial charge in [-0.15, -0.1) is 0 Å². The van der Waals surface area contributed by atoms with Crippen molar-refractivity contribution < 1.29 is 17.6 Å². The molecule has 3 rings (SSSR count). The first-order valence-electron chi connectivity index (χ1n) is 8.86. The number of pyridine rings is 1.